The van der Waals surface area contributed by atoms with Crippen LogP contribution in [0.25, 0.3) is 10.9 Å². The van der Waals surface area contributed by atoms with Crippen molar-refractivity contribution in [2.24, 2.45) is 5.92 Å². The molecule has 0 bridgehead atoms. The van der Waals surface area contributed by atoms with Gasteiger partial charge in [0.2, 0.25) is 0 Å². The first kappa shape index (κ1) is 13.1. The Morgan fingerprint density at radius 2 is 2.05 bits per heavy atom. The summed E-state index contributed by atoms with van der Waals surface area (Å²) in [6, 6.07) is 7.14. The number of nitrogens with two attached hydrogens (primary N) is 1. The monoisotopic (exact) mass is 259 g/mol. The molecule has 0 aliphatic rings. The van der Waals surface area contributed by atoms with Gasteiger partial charge in [-0.3, -0.25) is 9.59 Å². The number of H-pyrrole nitrogens is 1. The molecular formula is C14H17N3O2. The maximum atomic E-state index is 12.0. The summed E-state index contributed by atoms with van der Waals surface area (Å²) in [6.07, 6.45) is 0. The topological polar surface area (TPSA) is 88.0 Å². The number of carbonyl (C=O) groups excluding carboxylic acids is 1. The largest absolute Gasteiger partial charge is 0.397 e. The number of rotatable bonds is 3. The summed E-state index contributed by atoms with van der Waals surface area (Å²) in [7, 11) is 0. The van der Waals surface area contributed by atoms with Crippen molar-refractivity contribution in [1.82, 2.24) is 10.3 Å². The lowest BCUT2D eigenvalue weighted by Gasteiger charge is -2.10. The second-order valence-corrected chi connectivity index (χ2v) is 4.89. The molecule has 0 saturated carbocycles. The molecule has 0 radical (unpaired) electrons. The van der Waals surface area contributed by atoms with E-state index in [9.17, 15) is 9.59 Å². The van der Waals surface area contributed by atoms with Crippen LogP contribution in [0, 0.1) is 5.92 Å². The molecule has 100 valence electrons. The van der Waals surface area contributed by atoms with E-state index < -0.39 is 11.5 Å². The van der Waals surface area contributed by atoms with Crippen molar-refractivity contribution >= 4 is 22.5 Å². The zero-order valence-electron chi connectivity index (χ0n) is 11.0. The minimum atomic E-state index is -0.461. The zero-order valence-corrected chi connectivity index (χ0v) is 11.0. The van der Waals surface area contributed by atoms with Crippen molar-refractivity contribution in [1.29, 1.82) is 0 Å². The molecule has 1 aromatic carbocycles. The first-order valence-corrected chi connectivity index (χ1v) is 6.19. The van der Waals surface area contributed by atoms with Gasteiger partial charge in [0.15, 0.2) is 0 Å². The molecule has 1 amide bonds. The SMILES string of the molecule is CC(C)CNC(=O)c1c(N)c2ccccc2[nH]c1=O. The van der Waals surface area contributed by atoms with E-state index in [0.29, 0.717) is 23.4 Å². The molecule has 2 aromatic rings. The molecule has 0 saturated heterocycles. The quantitative estimate of drug-likeness (QED) is 0.780. The summed E-state index contributed by atoms with van der Waals surface area (Å²) >= 11 is 0. The summed E-state index contributed by atoms with van der Waals surface area (Å²) in [6.45, 7) is 4.47. The van der Waals surface area contributed by atoms with Crippen molar-refractivity contribution < 1.29 is 4.79 Å². The summed E-state index contributed by atoms with van der Waals surface area (Å²) in [5.74, 6) is -0.122. The number of benzene rings is 1. The highest BCUT2D eigenvalue weighted by atomic mass is 16.2. The van der Waals surface area contributed by atoms with Gasteiger partial charge in [-0.05, 0) is 12.0 Å². The zero-order chi connectivity index (χ0) is 14.0. The van der Waals surface area contributed by atoms with E-state index >= 15 is 0 Å². The fourth-order valence-corrected chi connectivity index (χ4v) is 1.88. The Kier molecular flexibility index (Phi) is 3.55. The predicted molar refractivity (Wildman–Crippen MR) is 76.2 cm³/mol. The molecule has 5 nitrogen and oxygen atoms in total. The Bertz CT molecular complexity index is 674. The fourth-order valence-electron chi connectivity index (χ4n) is 1.88. The van der Waals surface area contributed by atoms with Crippen LogP contribution in [0.5, 0.6) is 0 Å². The maximum absolute atomic E-state index is 12.0. The lowest BCUT2D eigenvalue weighted by molar-refractivity contribution is 0.0948. The van der Waals surface area contributed by atoms with Crippen LogP contribution >= 0.6 is 0 Å². The van der Waals surface area contributed by atoms with Crippen LogP contribution in [-0.4, -0.2) is 17.4 Å². The minimum Gasteiger partial charge on any atom is -0.397 e. The van der Waals surface area contributed by atoms with E-state index in [0.717, 1.165) is 0 Å². The van der Waals surface area contributed by atoms with Gasteiger partial charge in [-0.2, -0.15) is 0 Å². The van der Waals surface area contributed by atoms with Crippen LogP contribution in [-0.2, 0) is 0 Å². The lowest BCUT2D eigenvalue weighted by Crippen LogP contribution is -2.33. The second kappa shape index (κ2) is 5.14. The molecule has 1 aromatic heterocycles. The predicted octanol–water partition coefficient (Wildman–Crippen LogP) is 1.50. The van der Waals surface area contributed by atoms with E-state index in [1.165, 1.54) is 0 Å². The number of pyridine rings is 1. The molecule has 0 fully saturated rings. The highest BCUT2D eigenvalue weighted by molar-refractivity contribution is 6.06. The number of hydrogen-bond acceptors (Lipinski definition) is 3. The Hall–Kier alpha value is -2.30. The molecule has 1 heterocycles. The number of fused-ring (bicyclic) bond motifs is 1. The average Bonchev–Trinajstić information content (AvgIpc) is 2.36. The third kappa shape index (κ3) is 2.59. The molecule has 0 atom stereocenters. The molecule has 19 heavy (non-hydrogen) atoms. The van der Waals surface area contributed by atoms with Crippen LogP contribution in [0.3, 0.4) is 0 Å². The molecule has 2 rings (SSSR count). The van der Waals surface area contributed by atoms with E-state index in [1.54, 1.807) is 18.2 Å². The molecule has 0 unspecified atom stereocenters. The van der Waals surface area contributed by atoms with Gasteiger partial charge < -0.3 is 16.0 Å². The van der Waals surface area contributed by atoms with Gasteiger partial charge in [0, 0.05) is 11.9 Å². The van der Waals surface area contributed by atoms with Crippen molar-refractivity contribution in [2.45, 2.75) is 13.8 Å². The van der Waals surface area contributed by atoms with Crippen LogP contribution < -0.4 is 16.6 Å². The highest BCUT2D eigenvalue weighted by Crippen LogP contribution is 2.19. The van der Waals surface area contributed by atoms with Gasteiger partial charge in [0.1, 0.15) is 5.56 Å². The number of amides is 1. The second-order valence-electron chi connectivity index (χ2n) is 4.89. The molecule has 0 aliphatic carbocycles. The number of para-hydroxylation sites is 1. The number of carbonyl (C=O) groups is 1. The Balaban J connectivity index is 2.49. The molecule has 0 aliphatic heterocycles. The number of nitrogen functional groups attached to an aromatic ring is 1. The van der Waals surface area contributed by atoms with Gasteiger partial charge in [-0.15, -0.1) is 0 Å². The van der Waals surface area contributed by atoms with Crippen LogP contribution in [0.15, 0.2) is 29.1 Å². The van der Waals surface area contributed by atoms with Gasteiger partial charge in [-0.1, -0.05) is 32.0 Å². The maximum Gasteiger partial charge on any atom is 0.263 e. The first-order valence-electron chi connectivity index (χ1n) is 6.19. The average molecular weight is 259 g/mol. The van der Waals surface area contributed by atoms with Gasteiger partial charge >= 0.3 is 0 Å². The summed E-state index contributed by atoms with van der Waals surface area (Å²) in [5, 5.41) is 3.38. The van der Waals surface area contributed by atoms with Crippen LogP contribution in [0.4, 0.5) is 5.69 Å². The summed E-state index contributed by atoms with van der Waals surface area (Å²) < 4.78 is 0. The number of hydrogen-bond donors (Lipinski definition) is 3. The van der Waals surface area contributed by atoms with Crippen LogP contribution in [0.2, 0.25) is 0 Å². The Morgan fingerprint density at radius 1 is 1.37 bits per heavy atom. The van der Waals surface area contributed by atoms with Crippen molar-refractivity contribution in [2.75, 3.05) is 12.3 Å². The van der Waals surface area contributed by atoms with Crippen molar-refractivity contribution in [3.8, 4) is 0 Å². The van der Waals surface area contributed by atoms with Crippen molar-refractivity contribution in [3.05, 3.63) is 40.2 Å². The Morgan fingerprint density at radius 3 is 2.74 bits per heavy atom. The van der Waals surface area contributed by atoms with Crippen LogP contribution in [0.1, 0.15) is 24.2 Å². The summed E-state index contributed by atoms with van der Waals surface area (Å²) in [4.78, 5) is 26.6. The van der Waals surface area contributed by atoms with E-state index in [-0.39, 0.29) is 11.3 Å². The van der Waals surface area contributed by atoms with Gasteiger partial charge in [-0.25, -0.2) is 0 Å². The van der Waals surface area contributed by atoms with E-state index in [1.807, 2.05) is 19.9 Å². The van der Waals surface area contributed by atoms with Gasteiger partial charge in [0.05, 0.1) is 11.2 Å². The number of aromatic amines is 1. The van der Waals surface area contributed by atoms with E-state index in [4.69, 9.17) is 5.73 Å². The number of nitrogens with one attached hydrogen (secondary N) is 2. The first-order chi connectivity index (χ1) is 9.00. The molecular weight excluding hydrogens is 242 g/mol. The lowest BCUT2D eigenvalue weighted by atomic mass is 10.1. The molecule has 4 N–H and O–H groups in total. The van der Waals surface area contributed by atoms with E-state index in [2.05, 4.69) is 10.3 Å². The highest BCUT2D eigenvalue weighted by Gasteiger charge is 2.17. The standard InChI is InChI=1S/C14H17N3O2/c1-8(2)7-16-13(18)11-12(15)9-5-3-4-6-10(9)17-14(11)19/h3-6,8H,7H2,1-2H3,(H,16,18)(H3,15,17,19). The van der Waals surface area contributed by atoms with Crippen molar-refractivity contribution in [3.63, 3.8) is 0 Å². The molecule has 5 heteroatoms. The third-order valence-electron chi connectivity index (χ3n) is 2.86. The molecule has 0 spiro atoms. The smallest absolute Gasteiger partial charge is 0.263 e. The Labute approximate surface area is 110 Å². The number of anilines is 1. The minimum absolute atomic E-state index is 0.0145. The normalized spacial score (nSPS) is 10.9. The summed E-state index contributed by atoms with van der Waals surface area (Å²) in [5.41, 5.74) is 6.32. The number of aromatic nitrogens is 1. The third-order valence-corrected chi connectivity index (χ3v) is 2.86. The fraction of sp³-hybridized carbons (Fsp3) is 0.286. The van der Waals surface area contributed by atoms with Gasteiger partial charge in [0.25, 0.3) is 11.5 Å².